The molecule has 2 aromatic carbocycles. The number of aromatic amines is 1. The number of aromatic nitrogens is 6. The van der Waals surface area contributed by atoms with Crippen molar-refractivity contribution in [1.82, 2.24) is 29.5 Å². The van der Waals surface area contributed by atoms with Gasteiger partial charge in [-0.15, -0.1) is 0 Å². The van der Waals surface area contributed by atoms with Gasteiger partial charge in [0.2, 0.25) is 5.95 Å². The fourth-order valence-electron chi connectivity index (χ4n) is 3.80. The van der Waals surface area contributed by atoms with E-state index < -0.39 is 16.4 Å². The summed E-state index contributed by atoms with van der Waals surface area (Å²) in [7, 11) is 0. The molecule has 2 N–H and O–H groups in total. The van der Waals surface area contributed by atoms with Crippen LogP contribution in [0.25, 0.3) is 22.7 Å². The second-order valence-electron chi connectivity index (χ2n) is 7.91. The molecule has 1 amide bonds. The van der Waals surface area contributed by atoms with Crippen LogP contribution in [0.2, 0.25) is 5.02 Å². The topological polar surface area (TPSA) is 154 Å². The van der Waals surface area contributed by atoms with Gasteiger partial charge in [0, 0.05) is 28.3 Å². The predicted molar refractivity (Wildman–Crippen MR) is 132 cm³/mol. The number of nitro groups is 1. The highest BCUT2D eigenvalue weighted by Crippen LogP contribution is 2.23. The molecule has 0 atom stereocenters. The maximum atomic E-state index is 13.0. The second-order valence-corrected chi connectivity index (χ2v) is 8.34. The molecular weight excluding hydrogens is 488 g/mol. The number of anilines is 1. The third kappa shape index (κ3) is 3.99. The Labute approximate surface area is 207 Å². The Morgan fingerprint density at radius 1 is 1.14 bits per heavy atom. The summed E-state index contributed by atoms with van der Waals surface area (Å²) in [6, 6.07) is 12.8. The molecule has 36 heavy (non-hydrogen) atoms. The minimum atomic E-state index is -0.579. The average molecular weight is 505 g/mol. The molecule has 0 spiro atoms. The summed E-state index contributed by atoms with van der Waals surface area (Å²) < 4.78 is 2.75. The number of carbonyl (C=O) groups excluding carboxylic acids is 1. The lowest BCUT2D eigenvalue weighted by Crippen LogP contribution is -2.19. The van der Waals surface area contributed by atoms with Crippen molar-refractivity contribution in [3.8, 4) is 11.6 Å². The highest BCUT2D eigenvalue weighted by atomic mass is 35.5. The molecule has 13 heteroatoms. The highest BCUT2D eigenvalue weighted by Gasteiger charge is 2.21. The number of nitrogens with one attached hydrogen (secondary N) is 2. The molecule has 0 saturated heterocycles. The van der Waals surface area contributed by atoms with Crippen LogP contribution in [-0.4, -0.2) is 40.4 Å². The summed E-state index contributed by atoms with van der Waals surface area (Å²) in [4.78, 5) is 43.8. The first-order valence-electron chi connectivity index (χ1n) is 10.6. The van der Waals surface area contributed by atoms with Crippen LogP contribution in [0, 0.1) is 24.0 Å². The molecule has 180 valence electrons. The summed E-state index contributed by atoms with van der Waals surface area (Å²) in [5.41, 5.74) is 1.13. The average Bonchev–Trinajstić information content (AvgIpc) is 3.42. The molecular formula is C23H17ClN8O4. The van der Waals surface area contributed by atoms with Crippen molar-refractivity contribution in [1.29, 1.82) is 0 Å². The molecule has 0 saturated carbocycles. The molecule has 3 aromatic heterocycles. The van der Waals surface area contributed by atoms with E-state index in [0.717, 1.165) is 0 Å². The maximum absolute atomic E-state index is 13.0. The molecule has 5 rings (SSSR count). The second kappa shape index (κ2) is 8.74. The summed E-state index contributed by atoms with van der Waals surface area (Å²) in [6.45, 7) is 3.21. The van der Waals surface area contributed by atoms with Crippen molar-refractivity contribution in [3.63, 3.8) is 0 Å². The van der Waals surface area contributed by atoms with E-state index in [1.807, 2.05) is 0 Å². The van der Waals surface area contributed by atoms with Gasteiger partial charge in [-0.3, -0.25) is 24.7 Å². The van der Waals surface area contributed by atoms with E-state index in [1.54, 1.807) is 37.3 Å². The Bertz CT molecular complexity index is 1740. The molecule has 3 heterocycles. The van der Waals surface area contributed by atoms with E-state index >= 15 is 0 Å². The minimum Gasteiger partial charge on any atom is -0.306 e. The monoisotopic (exact) mass is 504 g/mol. The lowest BCUT2D eigenvalue weighted by molar-refractivity contribution is -0.385. The van der Waals surface area contributed by atoms with E-state index in [1.165, 1.54) is 40.7 Å². The number of nitro benzene ring substituents is 1. The van der Waals surface area contributed by atoms with Crippen molar-refractivity contribution in [2.24, 2.45) is 0 Å². The maximum Gasteiger partial charge on any atom is 0.273 e. The van der Waals surface area contributed by atoms with Gasteiger partial charge in [0.25, 0.3) is 17.2 Å². The standard InChI is InChI=1S/C23H17ClN8O4/c1-12-9-19(26-21(33)16-7-4-8-18(13(16)2)32(35)36)31(29-12)23-27-20-17(22(34)28-23)11-25-30(20)15-6-3-5-14(24)10-15/h3-11H,1-2H3,(H,26,33)(H,27,28,34). The molecule has 12 nitrogen and oxygen atoms in total. The number of amides is 1. The predicted octanol–water partition coefficient (Wildman–Crippen LogP) is 3.73. The van der Waals surface area contributed by atoms with E-state index in [2.05, 4.69) is 25.5 Å². The van der Waals surface area contributed by atoms with E-state index in [-0.39, 0.29) is 39.6 Å². The first kappa shape index (κ1) is 22.9. The molecule has 0 bridgehead atoms. The molecule has 0 aliphatic heterocycles. The first-order chi connectivity index (χ1) is 17.2. The Kier molecular flexibility index (Phi) is 5.57. The Morgan fingerprint density at radius 3 is 2.67 bits per heavy atom. The van der Waals surface area contributed by atoms with Gasteiger partial charge in [0.15, 0.2) is 5.65 Å². The van der Waals surface area contributed by atoms with Crippen molar-refractivity contribution in [2.75, 3.05) is 5.32 Å². The zero-order valence-corrected chi connectivity index (χ0v) is 19.6. The van der Waals surface area contributed by atoms with Crippen molar-refractivity contribution in [3.05, 3.63) is 97.0 Å². The number of hydrogen-bond donors (Lipinski definition) is 2. The number of benzene rings is 2. The lowest BCUT2D eigenvalue weighted by atomic mass is 10.1. The molecule has 0 aliphatic rings. The fraction of sp³-hybridized carbons (Fsp3) is 0.0870. The summed E-state index contributed by atoms with van der Waals surface area (Å²) in [6.07, 6.45) is 1.40. The normalized spacial score (nSPS) is 11.1. The smallest absolute Gasteiger partial charge is 0.273 e. The Hall–Kier alpha value is -4.84. The van der Waals surface area contributed by atoms with Gasteiger partial charge >= 0.3 is 0 Å². The molecule has 0 fully saturated rings. The SMILES string of the molecule is Cc1cc(NC(=O)c2cccc([N+](=O)[O-])c2C)n(-c2nc3c(cnn3-c3cccc(Cl)c3)c(=O)[nH]2)n1. The number of nitrogens with zero attached hydrogens (tertiary/aromatic N) is 6. The van der Waals surface area contributed by atoms with Crippen LogP contribution in [0.1, 0.15) is 21.6 Å². The van der Waals surface area contributed by atoms with E-state index in [0.29, 0.717) is 16.4 Å². The zero-order valence-electron chi connectivity index (χ0n) is 18.9. The van der Waals surface area contributed by atoms with Gasteiger partial charge in [0.05, 0.1) is 22.5 Å². The zero-order chi connectivity index (χ0) is 25.6. The number of carbonyl (C=O) groups is 1. The summed E-state index contributed by atoms with van der Waals surface area (Å²) in [5, 5.41) is 23.3. The van der Waals surface area contributed by atoms with E-state index in [4.69, 9.17) is 11.6 Å². The third-order valence-electron chi connectivity index (χ3n) is 5.50. The fourth-order valence-corrected chi connectivity index (χ4v) is 3.99. The van der Waals surface area contributed by atoms with Gasteiger partial charge in [-0.25, -0.2) is 4.68 Å². The Balaban J connectivity index is 1.58. The van der Waals surface area contributed by atoms with Crippen molar-refractivity contribution in [2.45, 2.75) is 13.8 Å². The number of aryl methyl sites for hydroxylation is 1. The number of rotatable bonds is 5. The Morgan fingerprint density at radius 2 is 1.92 bits per heavy atom. The third-order valence-corrected chi connectivity index (χ3v) is 5.73. The van der Waals surface area contributed by atoms with Crippen LogP contribution in [0.5, 0.6) is 0 Å². The number of halogens is 1. The summed E-state index contributed by atoms with van der Waals surface area (Å²) >= 11 is 6.11. The van der Waals surface area contributed by atoms with Gasteiger partial charge in [-0.1, -0.05) is 23.7 Å². The van der Waals surface area contributed by atoms with Crippen LogP contribution in [0.4, 0.5) is 11.5 Å². The largest absolute Gasteiger partial charge is 0.306 e. The van der Waals surface area contributed by atoms with Gasteiger partial charge in [0.1, 0.15) is 11.2 Å². The van der Waals surface area contributed by atoms with Gasteiger partial charge in [-0.05, 0) is 38.1 Å². The first-order valence-corrected chi connectivity index (χ1v) is 11.0. The van der Waals surface area contributed by atoms with Crippen molar-refractivity contribution >= 4 is 40.0 Å². The number of fused-ring (bicyclic) bond motifs is 1. The van der Waals surface area contributed by atoms with Crippen LogP contribution in [0.15, 0.2) is 59.5 Å². The van der Waals surface area contributed by atoms with Crippen LogP contribution < -0.4 is 10.9 Å². The van der Waals surface area contributed by atoms with Crippen LogP contribution >= 0.6 is 11.6 Å². The van der Waals surface area contributed by atoms with Gasteiger partial charge < -0.3 is 5.32 Å². The van der Waals surface area contributed by atoms with Gasteiger partial charge in [-0.2, -0.15) is 19.9 Å². The number of H-pyrrole nitrogens is 1. The molecule has 0 aliphatic carbocycles. The van der Waals surface area contributed by atoms with Crippen molar-refractivity contribution < 1.29 is 9.72 Å². The summed E-state index contributed by atoms with van der Waals surface area (Å²) in [5.74, 6) is -0.333. The van der Waals surface area contributed by atoms with E-state index in [9.17, 15) is 19.7 Å². The highest BCUT2D eigenvalue weighted by molar-refractivity contribution is 6.30. The quantitative estimate of drug-likeness (QED) is 0.273. The van der Waals surface area contributed by atoms with Crippen LogP contribution in [-0.2, 0) is 0 Å². The molecule has 5 aromatic rings. The molecule has 0 unspecified atom stereocenters. The minimum absolute atomic E-state index is 0.0374. The lowest BCUT2D eigenvalue weighted by Gasteiger charge is -2.10. The van der Waals surface area contributed by atoms with Crippen LogP contribution in [0.3, 0.4) is 0 Å². The molecule has 0 radical (unpaired) electrons. The number of hydrogen-bond acceptors (Lipinski definition) is 7.